The molecule has 7 nitrogen and oxygen atoms in total. The van der Waals surface area contributed by atoms with Crippen LogP contribution in [-0.2, 0) is 19.5 Å². The van der Waals surface area contributed by atoms with Gasteiger partial charge >= 0.3 is 0 Å². The molecule has 1 N–H and O–H groups in total. The monoisotopic (exact) mass is 278 g/mol. The van der Waals surface area contributed by atoms with Crippen LogP contribution in [-0.4, -0.2) is 31.2 Å². The molecule has 0 unspecified atom stereocenters. The van der Waals surface area contributed by atoms with Crippen molar-refractivity contribution in [3.63, 3.8) is 0 Å². The van der Waals surface area contributed by atoms with E-state index in [1.54, 1.807) is 4.68 Å². The SMILES string of the molecule is CCCCc1noc(Cn2cc(CNC(C)C)nn2)n1. The van der Waals surface area contributed by atoms with E-state index in [1.165, 1.54) is 0 Å². The van der Waals surface area contributed by atoms with Crippen LogP contribution in [0.25, 0.3) is 0 Å². The fourth-order valence-corrected chi connectivity index (χ4v) is 1.73. The summed E-state index contributed by atoms with van der Waals surface area (Å²) >= 11 is 0. The second-order valence-electron chi connectivity index (χ2n) is 5.15. The lowest BCUT2D eigenvalue weighted by molar-refractivity contribution is 0.359. The standard InChI is InChI=1S/C13H22N6O/c1-4-5-6-12-15-13(20-17-12)9-19-8-11(16-18-19)7-14-10(2)3/h8,10,14H,4-7,9H2,1-3H3. The summed E-state index contributed by atoms with van der Waals surface area (Å²) in [5, 5.41) is 15.4. The fourth-order valence-electron chi connectivity index (χ4n) is 1.73. The Labute approximate surface area is 118 Å². The third-order valence-electron chi connectivity index (χ3n) is 2.84. The highest BCUT2D eigenvalue weighted by Crippen LogP contribution is 2.04. The van der Waals surface area contributed by atoms with Crippen LogP contribution < -0.4 is 5.32 Å². The Morgan fingerprint density at radius 2 is 2.25 bits per heavy atom. The number of hydrogen-bond acceptors (Lipinski definition) is 6. The maximum atomic E-state index is 5.21. The highest BCUT2D eigenvalue weighted by molar-refractivity contribution is 4.94. The van der Waals surface area contributed by atoms with Crippen LogP contribution >= 0.6 is 0 Å². The third kappa shape index (κ3) is 4.41. The zero-order valence-electron chi connectivity index (χ0n) is 12.3. The molecule has 0 bridgehead atoms. The lowest BCUT2D eigenvalue weighted by atomic mass is 10.2. The van der Waals surface area contributed by atoms with Crippen molar-refractivity contribution < 1.29 is 4.52 Å². The molecular weight excluding hydrogens is 256 g/mol. The summed E-state index contributed by atoms with van der Waals surface area (Å²) in [6.45, 7) is 7.52. The Morgan fingerprint density at radius 3 is 3.00 bits per heavy atom. The van der Waals surface area contributed by atoms with E-state index in [0.717, 1.165) is 30.8 Å². The first-order chi connectivity index (χ1) is 9.67. The minimum Gasteiger partial charge on any atom is -0.337 e. The topological polar surface area (TPSA) is 81.7 Å². The van der Waals surface area contributed by atoms with E-state index in [1.807, 2.05) is 6.20 Å². The first-order valence-corrected chi connectivity index (χ1v) is 7.11. The Morgan fingerprint density at radius 1 is 1.40 bits per heavy atom. The molecule has 110 valence electrons. The highest BCUT2D eigenvalue weighted by atomic mass is 16.5. The van der Waals surface area contributed by atoms with Crippen LogP contribution in [0.1, 0.15) is 51.0 Å². The molecular formula is C13H22N6O. The number of nitrogens with zero attached hydrogens (tertiary/aromatic N) is 5. The van der Waals surface area contributed by atoms with Gasteiger partial charge in [-0.2, -0.15) is 4.98 Å². The summed E-state index contributed by atoms with van der Waals surface area (Å²) < 4.78 is 6.92. The van der Waals surface area contributed by atoms with Crippen LogP contribution in [0, 0.1) is 0 Å². The van der Waals surface area contributed by atoms with Gasteiger partial charge in [0.15, 0.2) is 5.82 Å². The van der Waals surface area contributed by atoms with Crippen molar-refractivity contribution >= 4 is 0 Å². The number of rotatable bonds is 8. The molecule has 0 aliphatic heterocycles. The normalized spacial score (nSPS) is 11.4. The van der Waals surface area contributed by atoms with E-state index in [9.17, 15) is 0 Å². The van der Waals surface area contributed by atoms with E-state index in [-0.39, 0.29) is 0 Å². The van der Waals surface area contributed by atoms with Gasteiger partial charge in [0.2, 0.25) is 5.89 Å². The zero-order chi connectivity index (χ0) is 14.4. The maximum absolute atomic E-state index is 5.21. The molecule has 0 aliphatic rings. The minimum atomic E-state index is 0.428. The summed E-state index contributed by atoms with van der Waals surface area (Å²) in [4.78, 5) is 4.34. The summed E-state index contributed by atoms with van der Waals surface area (Å²) in [7, 11) is 0. The van der Waals surface area contributed by atoms with Crippen molar-refractivity contribution in [1.29, 1.82) is 0 Å². The van der Waals surface area contributed by atoms with Crippen molar-refractivity contribution in [2.45, 2.75) is 59.2 Å². The van der Waals surface area contributed by atoms with Gasteiger partial charge in [-0.25, -0.2) is 4.68 Å². The molecule has 0 radical (unpaired) electrons. The molecule has 7 heteroatoms. The largest absolute Gasteiger partial charge is 0.337 e. The number of nitrogens with one attached hydrogen (secondary N) is 1. The van der Waals surface area contributed by atoms with Gasteiger partial charge in [-0.3, -0.25) is 0 Å². The van der Waals surface area contributed by atoms with E-state index in [4.69, 9.17) is 4.52 Å². The maximum Gasteiger partial charge on any atom is 0.248 e. The molecule has 0 atom stereocenters. The van der Waals surface area contributed by atoms with Crippen LogP contribution in [0.5, 0.6) is 0 Å². The van der Waals surface area contributed by atoms with Crippen molar-refractivity contribution in [2.75, 3.05) is 0 Å². The average Bonchev–Trinajstić information content (AvgIpc) is 3.04. The predicted molar refractivity (Wildman–Crippen MR) is 74.0 cm³/mol. The first-order valence-electron chi connectivity index (χ1n) is 7.11. The molecule has 0 aliphatic carbocycles. The van der Waals surface area contributed by atoms with Gasteiger partial charge in [-0.15, -0.1) is 5.10 Å². The number of hydrogen-bond donors (Lipinski definition) is 1. The lowest BCUT2D eigenvalue weighted by Gasteiger charge is -2.03. The number of aryl methyl sites for hydroxylation is 1. The van der Waals surface area contributed by atoms with Crippen molar-refractivity contribution in [3.05, 3.63) is 23.6 Å². The fraction of sp³-hybridized carbons (Fsp3) is 0.692. The number of aromatic nitrogens is 5. The molecule has 2 aromatic rings. The minimum absolute atomic E-state index is 0.428. The molecule has 0 fully saturated rings. The number of unbranched alkanes of at least 4 members (excludes halogenated alkanes) is 1. The zero-order valence-corrected chi connectivity index (χ0v) is 12.3. The van der Waals surface area contributed by atoms with Crippen molar-refractivity contribution in [3.8, 4) is 0 Å². The Bertz CT molecular complexity index is 518. The molecule has 0 amide bonds. The van der Waals surface area contributed by atoms with Gasteiger partial charge in [-0.05, 0) is 6.42 Å². The van der Waals surface area contributed by atoms with Crippen LogP contribution in [0.2, 0.25) is 0 Å². The highest BCUT2D eigenvalue weighted by Gasteiger charge is 2.08. The summed E-state index contributed by atoms with van der Waals surface area (Å²) in [5.74, 6) is 1.34. The molecule has 0 spiro atoms. The molecule has 0 aromatic carbocycles. The van der Waals surface area contributed by atoms with Crippen LogP contribution in [0.3, 0.4) is 0 Å². The third-order valence-corrected chi connectivity index (χ3v) is 2.84. The lowest BCUT2D eigenvalue weighted by Crippen LogP contribution is -2.21. The van der Waals surface area contributed by atoms with E-state index in [0.29, 0.717) is 25.0 Å². The van der Waals surface area contributed by atoms with Crippen LogP contribution in [0.15, 0.2) is 10.7 Å². The van der Waals surface area contributed by atoms with Crippen molar-refractivity contribution in [1.82, 2.24) is 30.5 Å². The summed E-state index contributed by atoms with van der Waals surface area (Å²) in [5.41, 5.74) is 0.907. The van der Waals surface area contributed by atoms with Crippen molar-refractivity contribution in [2.24, 2.45) is 0 Å². The van der Waals surface area contributed by atoms with Gasteiger partial charge in [0.1, 0.15) is 6.54 Å². The second kappa shape index (κ2) is 7.14. The summed E-state index contributed by atoms with van der Waals surface area (Å²) in [6, 6.07) is 0.428. The Hall–Kier alpha value is -1.76. The second-order valence-corrected chi connectivity index (χ2v) is 5.15. The molecule has 2 rings (SSSR count). The predicted octanol–water partition coefficient (Wildman–Crippen LogP) is 1.55. The van der Waals surface area contributed by atoms with Gasteiger partial charge in [0.25, 0.3) is 0 Å². The molecule has 0 saturated carbocycles. The van der Waals surface area contributed by atoms with Gasteiger partial charge in [0, 0.05) is 19.0 Å². The van der Waals surface area contributed by atoms with Gasteiger partial charge in [0.05, 0.1) is 11.9 Å². The average molecular weight is 278 g/mol. The molecule has 20 heavy (non-hydrogen) atoms. The summed E-state index contributed by atoms with van der Waals surface area (Å²) in [6.07, 6.45) is 4.96. The van der Waals surface area contributed by atoms with E-state index < -0.39 is 0 Å². The molecule has 0 saturated heterocycles. The van der Waals surface area contributed by atoms with Gasteiger partial charge < -0.3 is 9.84 Å². The van der Waals surface area contributed by atoms with Gasteiger partial charge in [-0.1, -0.05) is 37.6 Å². The smallest absolute Gasteiger partial charge is 0.248 e. The Balaban J connectivity index is 1.88. The molecule has 2 aromatic heterocycles. The Kier molecular flexibility index (Phi) is 5.23. The first kappa shape index (κ1) is 14.6. The molecule has 2 heterocycles. The van der Waals surface area contributed by atoms with E-state index in [2.05, 4.69) is 46.5 Å². The van der Waals surface area contributed by atoms with Crippen LogP contribution in [0.4, 0.5) is 0 Å². The van der Waals surface area contributed by atoms with E-state index >= 15 is 0 Å². The quantitative estimate of drug-likeness (QED) is 0.789.